The zero-order valence-electron chi connectivity index (χ0n) is 15.5. The summed E-state index contributed by atoms with van der Waals surface area (Å²) >= 11 is 1.00. The Bertz CT molecular complexity index is 998. The molecule has 0 radical (unpaired) electrons. The quantitative estimate of drug-likeness (QED) is 0.602. The molecule has 0 unspecified atom stereocenters. The topological polar surface area (TPSA) is 64.1 Å². The smallest absolute Gasteiger partial charge is 0.275 e. The Hall–Kier alpha value is -2.87. The molecule has 1 N–H and O–H groups in total. The number of pyridine rings is 1. The minimum absolute atomic E-state index is 0.0696. The predicted molar refractivity (Wildman–Crippen MR) is 107 cm³/mol. The van der Waals surface area contributed by atoms with Gasteiger partial charge in [-0.1, -0.05) is 12.5 Å². The molecule has 0 spiro atoms. The maximum absolute atomic E-state index is 14.0. The van der Waals surface area contributed by atoms with Crippen LogP contribution in [0.25, 0.3) is 10.6 Å². The first-order valence-corrected chi connectivity index (χ1v) is 10.3. The lowest BCUT2D eigenvalue weighted by Gasteiger charge is -2.24. The molecule has 0 bridgehead atoms. The Balaban J connectivity index is 1.51. The van der Waals surface area contributed by atoms with Crippen molar-refractivity contribution in [3.8, 4) is 16.3 Å². The number of aromatic nitrogens is 2. The molecule has 0 aliphatic heterocycles. The molecule has 1 saturated carbocycles. The van der Waals surface area contributed by atoms with E-state index in [9.17, 15) is 13.6 Å². The molecule has 29 heavy (non-hydrogen) atoms. The molecule has 5 nitrogen and oxygen atoms in total. The Morgan fingerprint density at radius 3 is 2.66 bits per heavy atom. The van der Waals surface area contributed by atoms with Gasteiger partial charge in [-0.3, -0.25) is 9.78 Å². The number of rotatable bonds is 5. The summed E-state index contributed by atoms with van der Waals surface area (Å²) in [6.45, 7) is 0. The van der Waals surface area contributed by atoms with E-state index in [-0.39, 0.29) is 22.4 Å². The molecular formula is C21H19F2N3O2S. The third-order valence-electron chi connectivity index (χ3n) is 4.79. The number of nitrogens with one attached hydrogen (secondary N) is 1. The molecule has 1 amide bonds. The average Bonchev–Trinajstić information content (AvgIpc) is 3.20. The predicted octanol–water partition coefficient (Wildman–Crippen LogP) is 5.45. The van der Waals surface area contributed by atoms with Crippen LogP contribution in [0.2, 0.25) is 0 Å². The minimum Gasteiger partial charge on any atom is -0.488 e. The fourth-order valence-corrected chi connectivity index (χ4v) is 4.17. The summed E-state index contributed by atoms with van der Waals surface area (Å²) in [5.74, 6) is -1.38. The first kappa shape index (κ1) is 19.4. The van der Waals surface area contributed by atoms with Gasteiger partial charge in [-0.15, -0.1) is 11.3 Å². The zero-order valence-corrected chi connectivity index (χ0v) is 16.3. The minimum atomic E-state index is -0.721. The third-order valence-corrected chi connectivity index (χ3v) is 5.65. The molecule has 2 aromatic heterocycles. The fourth-order valence-electron chi connectivity index (χ4n) is 3.32. The Morgan fingerprint density at radius 1 is 1.14 bits per heavy atom. The molecular weight excluding hydrogens is 396 g/mol. The Morgan fingerprint density at radius 2 is 1.90 bits per heavy atom. The first-order valence-electron chi connectivity index (χ1n) is 9.44. The van der Waals surface area contributed by atoms with Gasteiger partial charge in [0, 0.05) is 17.6 Å². The summed E-state index contributed by atoms with van der Waals surface area (Å²) in [6.07, 6.45) is 8.69. The van der Waals surface area contributed by atoms with Gasteiger partial charge in [0.25, 0.3) is 5.91 Å². The summed E-state index contributed by atoms with van der Waals surface area (Å²) < 4.78 is 34.0. The van der Waals surface area contributed by atoms with Crippen molar-refractivity contribution < 1.29 is 18.3 Å². The van der Waals surface area contributed by atoms with Crippen molar-refractivity contribution >= 4 is 22.9 Å². The van der Waals surface area contributed by atoms with Gasteiger partial charge in [-0.2, -0.15) is 0 Å². The van der Waals surface area contributed by atoms with Crippen molar-refractivity contribution in [2.75, 3.05) is 5.32 Å². The van der Waals surface area contributed by atoms with E-state index in [1.165, 1.54) is 24.1 Å². The number of ether oxygens (including phenoxy) is 1. The highest BCUT2D eigenvalue weighted by atomic mass is 32.1. The van der Waals surface area contributed by atoms with Crippen LogP contribution in [0.1, 0.15) is 42.6 Å². The van der Waals surface area contributed by atoms with E-state index in [2.05, 4.69) is 15.3 Å². The van der Waals surface area contributed by atoms with Crippen LogP contribution >= 0.6 is 11.3 Å². The summed E-state index contributed by atoms with van der Waals surface area (Å²) in [6, 6.07) is 5.31. The molecule has 4 rings (SSSR count). The maximum Gasteiger partial charge on any atom is 0.275 e. The van der Waals surface area contributed by atoms with Gasteiger partial charge < -0.3 is 10.1 Å². The molecule has 8 heteroatoms. The number of amides is 1. The van der Waals surface area contributed by atoms with Crippen LogP contribution in [-0.4, -0.2) is 22.0 Å². The molecule has 2 heterocycles. The number of halogens is 2. The van der Waals surface area contributed by atoms with Gasteiger partial charge in [0.1, 0.15) is 33.8 Å². The lowest BCUT2D eigenvalue weighted by molar-refractivity contribution is 0.102. The number of carbonyl (C=O) groups is 1. The molecule has 150 valence electrons. The van der Waals surface area contributed by atoms with Crippen LogP contribution in [-0.2, 0) is 0 Å². The number of nitrogens with zero attached hydrogens (tertiary/aromatic N) is 2. The van der Waals surface area contributed by atoms with E-state index < -0.39 is 17.5 Å². The standard InChI is InChI=1S/C21H19F2N3O2S/c22-14-7-4-8-15(23)19(14)21-26-17(12-29-21)20(27)25-16-11-24-10-9-18(16)28-13-5-2-1-3-6-13/h4,7-13H,1-3,5-6H2,(H,25,27). The maximum atomic E-state index is 14.0. The van der Waals surface area contributed by atoms with Crippen molar-refractivity contribution in [3.05, 3.63) is 59.4 Å². The number of anilines is 1. The van der Waals surface area contributed by atoms with Gasteiger partial charge >= 0.3 is 0 Å². The molecule has 3 aromatic rings. The summed E-state index contributed by atoms with van der Waals surface area (Å²) in [5, 5.41) is 4.31. The van der Waals surface area contributed by atoms with Crippen LogP contribution in [0.4, 0.5) is 14.5 Å². The van der Waals surface area contributed by atoms with Crippen molar-refractivity contribution in [2.45, 2.75) is 38.2 Å². The second-order valence-corrected chi connectivity index (χ2v) is 7.70. The summed E-state index contributed by atoms with van der Waals surface area (Å²) in [5.41, 5.74) is 0.272. The second kappa shape index (κ2) is 8.65. The van der Waals surface area contributed by atoms with Crippen LogP contribution in [0.15, 0.2) is 42.0 Å². The average molecular weight is 415 g/mol. The summed E-state index contributed by atoms with van der Waals surface area (Å²) in [7, 11) is 0. The monoisotopic (exact) mass is 415 g/mol. The highest BCUT2D eigenvalue weighted by molar-refractivity contribution is 7.13. The normalized spacial score (nSPS) is 14.6. The van der Waals surface area contributed by atoms with Crippen LogP contribution in [0, 0.1) is 11.6 Å². The van der Waals surface area contributed by atoms with Crippen LogP contribution in [0.5, 0.6) is 5.75 Å². The van der Waals surface area contributed by atoms with Crippen LogP contribution < -0.4 is 10.1 Å². The largest absolute Gasteiger partial charge is 0.488 e. The Labute approximate surface area is 170 Å². The molecule has 1 aliphatic carbocycles. The first-order chi connectivity index (χ1) is 14.1. The van der Waals surface area contributed by atoms with E-state index >= 15 is 0 Å². The molecule has 1 aromatic carbocycles. The van der Waals surface area contributed by atoms with Gasteiger partial charge in [0.2, 0.25) is 0 Å². The molecule has 0 saturated heterocycles. The van der Waals surface area contributed by atoms with E-state index in [4.69, 9.17) is 4.74 Å². The van der Waals surface area contributed by atoms with Crippen molar-refractivity contribution in [1.29, 1.82) is 0 Å². The fraction of sp³-hybridized carbons (Fsp3) is 0.286. The van der Waals surface area contributed by atoms with E-state index in [1.54, 1.807) is 12.3 Å². The van der Waals surface area contributed by atoms with Gasteiger partial charge in [0.15, 0.2) is 0 Å². The third kappa shape index (κ3) is 4.42. The lowest BCUT2D eigenvalue weighted by Crippen LogP contribution is -2.21. The number of hydrogen-bond donors (Lipinski definition) is 1. The van der Waals surface area contributed by atoms with Crippen LogP contribution in [0.3, 0.4) is 0 Å². The van der Waals surface area contributed by atoms with Crippen molar-refractivity contribution in [3.63, 3.8) is 0 Å². The zero-order chi connectivity index (χ0) is 20.2. The van der Waals surface area contributed by atoms with Gasteiger partial charge in [-0.05, 0) is 37.8 Å². The highest BCUT2D eigenvalue weighted by Crippen LogP contribution is 2.31. The van der Waals surface area contributed by atoms with Crippen molar-refractivity contribution in [1.82, 2.24) is 9.97 Å². The van der Waals surface area contributed by atoms with Gasteiger partial charge in [0.05, 0.1) is 17.9 Å². The lowest BCUT2D eigenvalue weighted by atomic mass is 9.98. The number of thiazole rings is 1. The van der Waals surface area contributed by atoms with E-state index in [1.807, 2.05) is 0 Å². The van der Waals surface area contributed by atoms with E-state index in [0.29, 0.717) is 11.4 Å². The molecule has 1 fully saturated rings. The number of carbonyl (C=O) groups excluding carboxylic acids is 1. The SMILES string of the molecule is O=C(Nc1cnccc1OC1CCCCC1)c1csc(-c2c(F)cccc2F)n1. The molecule has 1 aliphatic rings. The van der Waals surface area contributed by atoms with Gasteiger partial charge in [-0.25, -0.2) is 13.8 Å². The number of hydrogen-bond acceptors (Lipinski definition) is 5. The number of benzene rings is 1. The highest BCUT2D eigenvalue weighted by Gasteiger charge is 2.20. The Kier molecular flexibility index (Phi) is 5.80. The second-order valence-electron chi connectivity index (χ2n) is 6.84. The van der Waals surface area contributed by atoms with E-state index in [0.717, 1.165) is 49.2 Å². The molecule has 0 atom stereocenters. The summed E-state index contributed by atoms with van der Waals surface area (Å²) in [4.78, 5) is 20.8. The van der Waals surface area contributed by atoms with Crippen molar-refractivity contribution in [2.24, 2.45) is 0 Å².